The lowest BCUT2D eigenvalue weighted by molar-refractivity contribution is 0.668. The van der Waals surface area contributed by atoms with Crippen LogP contribution in [0.25, 0.3) is 82.5 Å². The average Bonchev–Trinajstić information content (AvgIpc) is 3.97. The molecule has 0 N–H and O–H groups in total. The smallest absolute Gasteiger partial charge is 0.159 e. The molecule has 0 saturated heterocycles. The van der Waals surface area contributed by atoms with Gasteiger partial charge in [0.15, 0.2) is 5.58 Å². The number of furan rings is 2. The van der Waals surface area contributed by atoms with E-state index in [1.165, 1.54) is 27.4 Å². The summed E-state index contributed by atoms with van der Waals surface area (Å²) >= 11 is 0. The molecule has 0 spiro atoms. The third kappa shape index (κ3) is 5.15. The summed E-state index contributed by atoms with van der Waals surface area (Å²) < 4.78 is 15.2. The molecule has 1 atom stereocenters. The fourth-order valence-electron chi connectivity index (χ4n) is 9.16. The van der Waals surface area contributed by atoms with Crippen molar-refractivity contribution in [2.24, 2.45) is 0 Å². The molecular weight excluding hydrogens is 709 g/mol. The maximum atomic E-state index is 6.68. The molecule has 0 aliphatic heterocycles. The number of hydrogen-bond donors (Lipinski definition) is 0. The third-order valence-corrected chi connectivity index (χ3v) is 11.9. The molecule has 1 aliphatic rings. The van der Waals surface area contributed by atoms with E-state index in [0.717, 1.165) is 84.2 Å². The van der Waals surface area contributed by atoms with Crippen molar-refractivity contribution >= 4 is 77.1 Å². The van der Waals surface area contributed by atoms with Gasteiger partial charge < -0.3 is 18.3 Å². The number of benzene rings is 8. The Morgan fingerprint density at radius 2 is 1.16 bits per heavy atom. The molecule has 12 rings (SSSR count). The molecule has 4 heteroatoms. The van der Waals surface area contributed by atoms with Crippen LogP contribution in [0.15, 0.2) is 215 Å². The highest BCUT2D eigenvalue weighted by Crippen LogP contribution is 2.43. The molecule has 0 radical (unpaired) electrons. The van der Waals surface area contributed by atoms with E-state index in [-0.39, 0.29) is 5.92 Å². The van der Waals surface area contributed by atoms with Gasteiger partial charge in [-0.05, 0) is 95.9 Å². The van der Waals surface area contributed by atoms with Crippen molar-refractivity contribution in [1.82, 2.24) is 4.57 Å². The van der Waals surface area contributed by atoms with Crippen molar-refractivity contribution in [3.8, 4) is 16.8 Å². The number of anilines is 2. The zero-order valence-corrected chi connectivity index (χ0v) is 31.5. The van der Waals surface area contributed by atoms with Crippen LogP contribution in [-0.4, -0.2) is 4.57 Å². The van der Waals surface area contributed by atoms with E-state index >= 15 is 0 Å². The summed E-state index contributed by atoms with van der Waals surface area (Å²) in [6, 6.07) is 64.9. The van der Waals surface area contributed by atoms with Gasteiger partial charge in [-0.15, -0.1) is 0 Å². The standard InChI is InChI=1S/C54H36N2O2/c1-2-13-39(14-3-1)56-48-20-7-4-16-42(48)43-30-26-38(34-50(43)56)36-12-10-15-41(32-36)55(49-21-11-19-46-44-17-5-9-23-52(44)58-54(46)49)40-28-24-35(25-29-40)37-27-31-53-47(33-37)45-18-6-8-22-51(45)57-53/h1-11,13-34,36H,12H2. The van der Waals surface area contributed by atoms with Gasteiger partial charge in [-0.1, -0.05) is 127 Å². The van der Waals surface area contributed by atoms with Gasteiger partial charge in [-0.3, -0.25) is 0 Å². The Morgan fingerprint density at radius 1 is 0.483 bits per heavy atom. The van der Waals surface area contributed by atoms with Gasteiger partial charge in [-0.25, -0.2) is 0 Å². The van der Waals surface area contributed by atoms with Crippen molar-refractivity contribution in [2.45, 2.75) is 12.3 Å². The Hall–Kier alpha value is -7.56. The number of rotatable bonds is 6. The molecule has 58 heavy (non-hydrogen) atoms. The largest absolute Gasteiger partial charge is 0.456 e. The first-order chi connectivity index (χ1) is 28.7. The predicted octanol–water partition coefficient (Wildman–Crippen LogP) is 15.0. The maximum Gasteiger partial charge on any atom is 0.159 e. The van der Waals surface area contributed by atoms with Crippen LogP contribution >= 0.6 is 0 Å². The minimum Gasteiger partial charge on any atom is -0.456 e. The van der Waals surface area contributed by atoms with Gasteiger partial charge in [0.05, 0.1) is 16.7 Å². The number of fused-ring (bicyclic) bond motifs is 9. The summed E-state index contributed by atoms with van der Waals surface area (Å²) in [6.45, 7) is 0. The monoisotopic (exact) mass is 744 g/mol. The molecule has 4 nitrogen and oxygen atoms in total. The zero-order valence-electron chi connectivity index (χ0n) is 31.5. The molecular formula is C54H36N2O2. The van der Waals surface area contributed by atoms with Crippen molar-refractivity contribution in [3.63, 3.8) is 0 Å². The molecule has 0 bridgehead atoms. The number of aromatic nitrogens is 1. The summed E-state index contributed by atoms with van der Waals surface area (Å²) in [5.41, 5.74) is 13.9. The SMILES string of the molecule is C1=CC(N(c2ccc(-c3ccc4oc5ccccc5c4c3)cc2)c2cccc3c2oc2ccccc23)=CC(c2ccc3c4ccccc4n(-c4ccccc4)c3c2)C1. The van der Waals surface area contributed by atoms with Crippen LogP contribution in [0.2, 0.25) is 0 Å². The fraction of sp³-hybridized carbons (Fsp3) is 0.0370. The first-order valence-corrected chi connectivity index (χ1v) is 19.9. The first kappa shape index (κ1) is 32.7. The Morgan fingerprint density at radius 3 is 2.00 bits per heavy atom. The van der Waals surface area contributed by atoms with Crippen LogP contribution in [0.3, 0.4) is 0 Å². The third-order valence-electron chi connectivity index (χ3n) is 11.9. The molecule has 1 aliphatic carbocycles. The second-order valence-corrected chi connectivity index (χ2v) is 15.2. The van der Waals surface area contributed by atoms with E-state index in [0.29, 0.717) is 0 Å². The topological polar surface area (TPSA) is 34.5 Å². The van der Waals surface area contributed by atoms with Crippen LogP contribution in [-0.2, 0) is 0 Å². The average molecular weight is 745 g/mol. The quantitative estimate of drug-likeness (QED) is 0.170. The number of allylic oxidation sites excluding steroid dienone is 3. The van der Waals surface area contributed by atoms with Gasteiger partial charge in [0.2, 0.25) is 0 Å². The summed E-state index contributed by atoms with van der Waals surface area (Å²) in [4.78, 5) is 2.36. The lowest BCUT2D eigenvalue weighted by atomic mass is 9.90. The van der Waals surface area contributed by atoms with Gasteiger partial charge in [0.1, 0.15) is 16.7 Å². The Balaban J connectivity index is 0.995. The number of para-hydroxylation sites is 5. The van der Waals surface area contributed by atoms with Crippen molar-refractivity contribution in [1.29, 1.82) is 0 Å². The van der Waals surface area contributed by atoms with E-state index in [1.807, 2.05) is 18.2 Å². The number of nitrogens with zero attached hydrogens (tertiary/aromatic N) is 2. The van der Waals surface area contributed by atoms with Gasteiger partial charge in [-0.2, -0.15) is 0 Å². The highest BCUT2D eigenvalue weighted by Gasteiger charge is 2.24. The summed E-state index contributed by atoms with van der Waals surface area (Å²) in [6.07, 6.45) is 7.93. The van der Waals surface area contributed by atoms with Gasteiger partial charge in [0, 0.05) is 55.3 Å². The van der Waals surface area contributed by atoms with Crippen LogP contribution in [0, 0.1) is 0 Å². The second-order valence-electron chi connectivity index (χ2n) is 15.2. The predicted molar refractivity (Wildman–Crippen MR) is 240 cm³/mol. The van der Waals surface area contributed by atoms with Crippen molar-refractivity contribution in [2.75, 3.05) is 4.90 Å². The number of hydrogen-bond acceptors (Lipinski definition) is 3. The molecule has 0 amide bonds. The summed E-state index contributed by atoms with van der Waals surface area (Å²) in [5.74, 6) is 0.166. The molecule has 274 valence electrons. The molecule has 0 saturated carbocycles. The van der Waals surface area contributed by atoms with Gasteiger partial charge in [0.25, 0.3) is 0 Å². The van der Waals surface area contributed by atoms with E-state index in [1.54, 1.807) is 0 Å². The molecule has 3 heterocycles. The van der Waals surface area contributed by atoms with Crippen LogP contribution < -0.4 is 4.90 Å². The fourth-order valence-corrected chi connectivity index (χ4v) is 9.16. The summed E-state index contributed by atoms with van der Waals surface area (Å²) in [7, 11) is 0. The highest BCUT2D eigenvalue weighted by atomic mass is 16.3. The second kappa shape index (κ2) is 13.0. The zero-order chi connectivity index (χ0) is 38.2. The molecule has 0 fully saturated rings. The van der Waals surface area contributed by atoms with Crippen LogP contribution in [0.1, 0.15) is 17.9 Å². The highest BCUT2D eigenvalue weighted by molar-refractivity contribution is 6.11. The Kier molecular flexibility index (Phi) is 7.32. The molecule has 11 aromatic rings. The van der Waals surface area contributed by atoms with E-state index in [9.17, 15) is 0 Å². The van der Waals surface area contributed by atoms with Crippen LogP contribution in [0.4, 0.5) is 11.4 Å². The first-order valence-electron chi connectivity index (χ1n) is 19.9. The van der Waals surface area contributed by atoms with E-state index in [4.69, 9.17) is 8.83 Å². The van der Waals surface area contributed by atoms with Crippen LogP contribution in [0.5, 0.6) is 0 Å². The van der Waals surface area contributed by atoms with E-state index in [2.05, 4.69) is 191 Å². The molecule has 3 aromatic heterocycles. The Labute approximate surface area is 334 Å². The lowest BCUT2D eigenvalue weighted by Gasteiger charge is -2.29. The minimum atomic E-state index is 0.166. The van der Waals surface area contributed by atoms with E-state index < -0.39 is 0 Å². The van der Waals surface area contributed by atoms with Crippen molar-refractivity contribution in [3.05, 3.63) is 211 Å². The molecule has 8 aromatic carbocycles. The molecule has 1 unspecified atom stereocenters. The Bertz CT molecular complexity index is 3430. The normalized spacial score (nSPS) is 14.3. The minimum absolute atomic E-state index is 0.166. The van der Waals surface area contributed by atoms with Gasteiger partial charge >= 0.3 is 0 Å². The maximum absolute atomic E-state index is 6.68. The van der Waals surface area contributed by atoms with Crippen molar-refractivity contribution < 1.29 is 8.83 Å². The lowest BCUT2D eigenvalue weighted by Crippen LogP contribution is -2.18. The summed E-state index contributed by atoms with van der Waals surface area (Å²) in [5, 5.41) is 7.00.